The summed E-state index contributed by atoms with van der Waals surface area (Å²) in [7, 11) is 0. The lowest BCUT2D eigenvalue weighted by atomic mass is 10.2. The molecule has 6 heteroatoms. The second-order valence-corrected chi connectivity index (χ2v) is 5.25. The molecule has 2 aliphatic rings. The third kappa shape index (κ3) is 3.38. The van der Waals surface area contributed by atoms with Crippen LogP contribution in [0, 0.1) is 0 Å². The Bertz CT molecular complexity index is 306. The molecule has 104 valence electrons. The van der Waals surface area contributed by atoms with Crippen molar-refractivity contribution < 1.29 is 18.3 Å². The van der Waals surface area contributed by atoms with E-state index in [1.807, 2.05) is 6.92 Å². The third-order valence-corrected chi connectivity index (χ3v) is 3.48. The maximum Gasteiger partial charge on any atom is 0.377 e. The molecule has 0 bridgehead atoms. The molecule has 0 aromatic heterocycles. The summed E-state index contributed by atoms with van der Waals surface area (Å²) in [5.74, 6) is -4.69. The zero-order valence-electron chi connectivity index (χ0n) is 10.6. The monoisotopic (exact) mass is 262 g/mol. The van der Waals surface area contributed by atoms with Gasteiger partial charge in [-0.25, -0.2) is 4.79 Å². The van der Waals surface area contributed by atoms with Crippen LogP contribution in [0.5, 0.6) is 0 Å². The highest BCUT2D eigenvalue weighted by Crippen LogP contribution is 2.30. The van der Waals surface area contributed by atoms with Crippen molar-refractivity contribution in [3.8, 4) is 0 Å². The Morgan fingerprint density at radius 2 is 2.17 bits per heavy atom. The minimum atomic E-state index is -3.30. The lowest BCUT2D eigenvalue weighted by Crippen LogP contribution is -2.41. The van der Waals surface area contributed by atoms with Crippen LogP contribution in [-0.4, -0.2) is 55.1 Å². The van der Waals surface area contributed by atoms with Gasteiger partial charge in [-0.15, -0.1) is 0 Å². The van der Waals surface area contributed by atoms with Crippen molar-refractivity contribution in [1.82, 2.24) is 10.2 Å². The minimum Gasteiger partial charge on any atom is -0.456 e. The number of esters is 1. The van der Waals surface area contributed by atoms with Crippen molar-refractivity contribution in [3.05, 3.63) is 0 Å². The maximum absolute atomic E-state index is 12.9. The maximum atomic E-state index is 12.9. The highest BCUT2D eigenvalue weighted by Gasteiger charge is 2.50. The van der Waals surface area contributed by atoms with Gasteiger partial charge in [-0.1, -0.05) is 0 Å². The topological polar surface area (TPSA) is 41.6 Å². The number of nitrogens with zero attached hydrogens (tertiary/aromatic N) is 1. The average molecular weight is 262 g/mol. The molecule has 0 aromatic carbocycles. The Balaban J connectivity index is 1.67. The van der Waals surface area contributed by atoms with E-state index < -0.39 is 24.4 Å². The molecule has 18 heavy (non-hydrogen) atoms. The molecule has 2 aliphatic heterocycles. The summed E-state index contributed by atoms with van der Waals surface area (Å²) in [6.45, 7) is 5.46. The van der Waals surface area contributed by atoms with Gasteiger partial charge in [-0.05, 0) is 32.9 Å². The number of hydrogen-bond acceptors (Lipinski definition) is 4. The second-order valence-electron chi connectivity index (χ2n) is 5.25. The smallest absolute Gasteiger partial charge is 0.377 e. The molecule has 2 rings (SSSR count). The first kappa shape index (κ1) is 13.7. The third-order valence-electron chi connectivity index (χ3n) is 3.48. The van der Waals surface area contributed by atoms with Gasteiger partial charge in [0.2, 0.25) is 0 Å². The fourth-order valence-electron chi connectivity index (χ4n) is 2.51. The number of cyclic esters (lactones) is 1. The first-order valence-corrected chi connectivity index (χ1v) is 6.52. The van der Waals surface area contributed by atoms with Crippen molar-refractivity contribution in [1.29, 1.82) is 0 Å². The molecule has 4 nitrogen and oxygen atoms in total. The quantitative estimate of drug-likeness (QED) is 0.751. The molecule has 0 radical (unpaired) electrons. The number of ether oxygens (including phenoxy) is 1. The van der Waals surface area contributed by atoms with E-state index in [1.165, 1.54) is 12.8 Å². The highest BCUT2D eigenvalue weighted by atomic mass is 19.3. The van der Waals surface area contributed by atoms with Crippen LogP contribution in [0.3, 0.4) is 0 Å². The second kappa shape index (κ2) is 5.48. The lowest BCUT2D eigenvalue weighted by molar-refractivity contribution is -0.159. The molecule has 2 atom stereocenters. The summed E-state index contributed by atoms with van der Waals surface area (Å²) in [6, 6.07) is 0.219. The SMILES string of the molecule is CC(CN1CCCC1)NCC1CC(F)(F)C(=O)O1. The van der Waals surface area contributed by atoms with Crippen molar-refractivity contribution >= 4 is 5.97 Å². The molecule has 2 saturated heterocycles. The molecule has 0 aliphatic carbocycles. The van der Waals surface area contributed by atoms with Gasteiger partial charge in [0.05, 0.1) is 6.42 Å². The number of carbonyl (C=O) groups excluding carboxylic acids is 1. The first-order valence-electron chi connectivity index (χ1n) is 6.52. The number of rotatable bonds is 5. The molecule has 1 N–H and O–H groups in total. The van der Waals surface area contributed by atoms with Gasteiger partial charge in [-0.3, -0.25) is 0 Å². The van der Waals surface area contributed by atoms with Crippen LogP contribution in [0.2, 0.25) is 0 Å². The van der Waals surface area contributed by atoms with E-state index in [1.54, 1.807) is 0 Å². The van der Waals surface area contributed by atoms with Gasteiger partial charge in [-0.2, -0.15) is 8.78 Å². The molecule has 0 amide bonds. The van der Waals surface area contributed by atoms with E-state index in [9.17, 15) is 13.6 Å². The normalized spacial score (nSPS) is 29.5. The summed E-state index contributed by atoms with van der Waals surface area (Å²) in [6.07, 6.45) is 1.27. The van der Waals surface area contributed by atoms with Gasteiger partial charge in [0.1, 0.15) is 6.10 Å². The highest BCUT2D eigenvalue weighted by molar-refractivity contribution is 5.79. The van der Waals surface area contributed by atoms with E-state index in [0.717, 1.165) is 19.6 Å². The van der Waals surface area contributed by atoms with Gasteiger partial charge in [0, 0.05) is 19.1 Å². The number of halogens is 2. The average Bonchev–Trinajstić information content (AvgIpc) is 2.85. The Morgan fingerprint density at radius 3 is 2.72 bits per heavy atom. The van der Waals surface area contributed by atoms with Crippen LogP contribution < -0.4 is 5.32 Å². The van der Waals surface area contributed by atoms with Gasteiger partial charge in [0.25, 0.3) is 0 Å². The molecule has 0 aromatic rings. The van der Waals surface area contributed by atoms with E-state index >= 15 is 0 Å². The Labute approximate surface area is 106 Å². The van der Waals surface area contributed by atoms with Crippen LogP contribution in [0.4, 0.5) is 8.78 Å². The molecule has 0 saturated carbocycles. The molecule has 2 fully saturated rings. The van der Waals surface area contributed by atoms with E-state index in [-0.39, 0.29) is 6.04 Å². The number of carbonyl (C=O) groups is 1. The van der Waals surface area contributed by atoms with Crippen molar-refractivity contribution in [2.45, 2.75) is 44.3 Å². The number of likely N-dealkylation sites (tertiary alicyclic amines) is 1. The van der Waals surface area contributed by atoms with Gasteiger partial charge < -0.3 is 15.0 Å². The zero-order chi connectivity index (χ0) is 13.2. The molecule has 2 heterocycles. The van der Waals surface area contributed by atoms with E-state index in [2.05, 4.69) is 15.0 Å². The number of nitrogens with one attached hydrogen (secondary N) is 1. The fourth-order valence-corrected chi connectivity index (χ4v) is 2.51. The summed E-state index contributed by atoms with van der Waals surface area (Å²) < 4.78 is 30.5. The van der Waals surface area contributed by atoms with Crippen molar-refractivity contribution in [2.24, 2.45) is 0 Å². The zero-order valence-corrected chi connectivity index (χ0v) is 10.6. The van der Waals surface area contributed by atoms with Crippen LogP contribution in [-0.2, 0) is 9.53 Å². The summed E-state index contributed by atoms with van der Waals surface area (Å²) in [4.78, 5) is 13.2. The fraction of sp³-hybridized carbons (Fsp3) is 0.917. The van der Waals surface area contributed by atoms with Gasteiger partial charge >= 0.3 is 11.9 Å². The van der Waals surface area contributed by atoms with Crippen LogP contribution in [0.25, 0.3) is 0 Å². The Kier molecular flexibility index (Phi) is 4.17. The number of hydrogen-bond donors (Lipinski definition) is 1. The molecular weight excluding hydrogens is 242 g/mol. The van der Waals surface area contributed by atoms with Gasteiger partial charge in [0.15, 0.2) is 0 Å². The van der Waals surface area contributed by atoms with E-state index in [0.29, 0.717) is 6.54 Å². The largest absolute Gasteiger partial charge is 0.456 e. The lowest BCUT2D eigenvalue weighted by Gasteiger charge is -2.22. The predicted molar refractivity (Wildman–Crippen MR) is 62.6 cm³/mol. The summed E-state index contributed by atoms with van der Waals surface area (Å²) in [5, 5.41) is 3.16. The molecule has 0 spiro atoms. The number of alkyl halides is 2. The van der Waals surface area contributed by atoms with Crippen LogP contribution in [0.1, 0.15) is 26.2 Å². The van der Waals surface area contributed by atoms with E-state index in [4.69, 9.17) is 0 Å². The predicted octanol–water partition coefficient (Wildman–Crippen LogP) is 1.01. The van der Waals surface area contributed by atoms with Crippen LogP contribution >= 0.6 is 0 Å². The summed E-state index contributed by atoms with van der Waals surface area (Å²) in [5.41, 5.74) is 0. The summed E-state index contributed by atoms with van der Waals surface area (Å²) >= 11 is 0. The Hall–Kier alpha value is -0.750. The van der Waals surface area contributed by atoms with Crippen molar-refractivity contribution in [2.75, 3.05) is 26.2 Å². The molecule has 2 unspecified atom stereocenters. The standard InChI is InChI=1S/C12H20F2N2O2/c1-9(8-16-4-2-3-5-16)15-7-10-6-12(13,14)11(17)18-10/h9-10,15H,2-8H2,1H3. The van der Waals surface area contributed by atoms with Crippen LogP contribution in [0.15, 0.2) is 0 Å². The molecular formula is C12H20F2N2O2. The minimum absolute atomic E-state index is 0.219. The van der Waals surface area contributed by atoms with Crippen molar-refractivity contribution in [3.63, 3.8) is 0 Å². The first-order chi connectivity index (χ1) is 8.47. The Morgan fingerprint density at radius 1 is 1.50 bits per heavy atom.